The summed E-state index contributed by atoms with van der Waals surface area (Å²) in [6, 6.07) is 7.43. The number of hydrogen-bond acceptors (Lipinski definition) is 5. The van der Waals surface area contributed by atoms with Gasteiger partial charge in [-0.05, 0) is 44.5 Å². The van der Waals surface area contributed by atoms with Crippen LogP contribution in [-0.4, -0.2) is 35.5 Å². The zero-order valence-electron chi connectivity index (χ0n) is 13.7. The highest BCUT2D eigenvalue weighted by molar-refractivity contribution is 6.30. The van der Waals surface area contributed by atoms with Gasteiger partial charge in [-0.3, -0.25) is 9.69 Å². The van der Waals surface area contributed by atoms with Crippen LogP contribution in [0.15, 0.2) is 34.9 Å². The Kier molecular flexibility index (Phi) is 5.53. The van der Waals surface area contributed by atoms with Gasteiger partial charge in [-0.2, -0.15) is 0 Å². The van der Waals surface area contributed by atoms with E-state index in [9.17, 15) is 4.79 Å². The molecule has 1 aromatic heterocycles. The highest BCUT2D eigenvalue weighted by Gasteiger charge is 2.27. The zero-order chi connectivity index (χ0) is 16.9. The van der Waals surface area contributed by atoms with Gasteiger partial charge in [0.25, 0.3) is 0 Å². The summed E-state index contributed by atoms with van der Waals surface area (Å²) in [5, 5.41) is 0.653. The molecule has 0 spiro atoms. The molecule has 0 aliphatic carbocycles. The molecule has 5 nitrogen and oxygen atoms in total. The summed E-state index contributed by atoms with van der Waals surface area (Å²) in [7, 11) is 0. The lowest BCUT2D eigenvalue weighted by Gasteiger charge is -2.30. The van der Waals surface area contributed by atoms with Crippen molar-refractivity contribution in [3.05, 3.63) is 41.2 Å². The van der Waals surface area contributed by atoms with Crippen LogP contribution in [0, 0.1) is 5.92 Å². The van der Waals surface area contributed by atoms with Crippen LogP contribution in [0.1, 0.15) is 25.5 Å². The average Bonchev–Trinajstić information content (AvgIpc) is 3.04. The summed E-state index contributed by atoms with van der Waals surface area (Å²) < 4.78 is 10.7. The average molecular weight is 349 g/mol. The third-order valence-electron chi connectivity index (χ3n) is 4.13. The molecular weight excluding hydrogens is 328 g/mol. The molecule has 128 valence electrons. The summed E-state index contributed by atoms with van der Waals surface area (Å²) in [5.41, 5.74) is 1.71. The lowest BCUT2D eigenvalue weighted by atomic mass is 9.98. The summed E-state index contributed by atoms with van der Waals surface area (Å²) >= 11 is 6.01. The van der Waals surface area contributed by atoms with Gasteiger partial charge in [0.2, 0.25) is 5.89 Å². The quantitative estimate of drug-likeness (QED) is 0.770. The van der Waals surface area contributed by atoms with Gasteiger partial charge >= 0.3 is 5.97 Å². The first-order chi connectivity index (χ1) is 11.7. The van der Waals surface area contributed by atoms with Crippen molar-refractivity contribution in [3.63, 3.8) is 0 Å². The standard InChI is InChI=1S/C18H21ClN2O3/c1-2-23-18(22)14-6-4-8-21(10-14)11-16-12-24-17(20-16)13-5-3-7-15(19)9-13/h3,5,7,9,12,14H,2,4,6,8,10-11H2,1H3. The molecule has 1 unspecified atom stereocenters. The number of nitrogens with zero attached hydrogens (tertiary/aromatic N) is 2. The largest absolute Gasteiger partial charge is 0.466 e. The van der Waals surface area contributed by atoms with Crippen molar-refractivity contribution in [3.8, 4) is 11.5 Å². The number of ether oxygens (including phenoxy) is 1. The third-order valence-corrected chi connectivity index (χ3v) is 4.37. The first-order valence-corrected chi connectivity index (χ1v) is 8.63. The number of hydrogen-bond donors (Lipinski definition) is 0. The number of benzene rings is 1. The first kappa shape index (κ1) is 17.0. The Bertz CT molecular complexity index is 701. The van der Waals surface area contributed by atoms with Gasteiger partial charge in [-0.15, -0.1) is 0 Å². The number of carbonyl (C=O) groups is 1. The molecular formula is C18H21ClN2O3. The molecule has 0 radical (unpaired) electrons. The number of piperidine rings is 1. The smallest absolute Gasteiger partial charge is 0.310 e. The minimum Gasteiger partial charge on any atom is -0.466 e. The second kappa shape index (κ2) is 7.81. The second-order valence-corrected chi connectivity index (χ2v) is 6.42. The number of halogens is 1. The maximum atomic E-state index is 11.9. The number of rotatable bonds is 5. The molecule has 0 saturated carbocycles. The Morgan fingerprint density at radius 2 is 2.38 bits per heavy atom. The Morgan fingerprint density at radius 3 is 3.17 bits per heavy atom. The number of oxazole rings is 1. The maximum absolute atomic E-state index is 11.9. The van der Waals surface area contributed by atoms with Gasteiger partial charge in [0.15, 0.2) is 0 Å². The molecule has 24 heavy (non-hydrogen) atoms. The van der Waals surface area contributed by atoms with Crippen molar-refractivity contribution >= 4 is 17.6 Å². The molecule has 1 aliphatic heterocycles. The van der Waals surface area contributed by atoms with E-state index in [1.54, 1.807) is 6.26 Å². The van der Waals surface area contributed by atoms with E-state index in [2.05, 4.69) is 9.88 Å². The van der Waals surface area contributed by atoms with Crippen molar-refractivity contribution in [2.24, 2.45) is 5.92 Å². The minimum atomic E-state index is -0.0954. The van der Waals surface area contributed by atoms with Crippen LogP contribution in [0.25, 0.3) is 11.5 Å². The van der Waals surface area contributed by atoms with Crippen LogP contribution in [0.3, 0.4) is 0 Å². The Balaban J connectivity index is 1.63. The minimum absolute atomic E-state index is 0.0435. The number of likely N-dealkylation sites (tertiary alicyclic amines) is 1. The van der Waals surface area contributed by atoms with E-state index in [-0.39, 0.29) is 11.9 Å². The third kappa shape index (κ3) is 4.16. The fourth-order valence-electron chi connectivity index (χ4n) is 3.01. The predicted octanol–water partition coefficient (Wildman–Crippen LogP) is 3.77. The molecule has 2 heterocycles. The van der Waals surface area contributed by atoms with Crippen molar-refractivity contribution in [1.82, 2.24) is 9.88 Å². The molecule has 0 N–H and O–H groups in total. The van der Waals surface area contributed by atoms with Crippen LogP contribution < -0.4 is 0 Å². The lowest BCUT2D eigenvalue weighted by molar-refractivity contribution is -0.150. The molecule has 0 bridgehead atoms. The van der Waals surface area contributed by atoms with E-state index < -0.39 is 0 Å². The normalized spacial score (nSPS) is 18.5. The van der Waals surface area contributed by atoms with Crippen molar-refractivity contribution in [1.29, 1.82) is 0 Å². The molecule has 1 aromatic carbocycles. The van der Waals surface area contributed by atoms with Gasteiger partial charge in [0.1, 0.15) is 6.26 Å². The van der Waals surface area contributed by atoms with Crippen LogP contribution in [0.2, 0.25) is 5.02 Å². The highest BCUT2D eigenvalue weighted by atomic mass is 35.5. The Morgan fingerprint density at radius 1 is 1.50 bits per heavy atom. The zero-order valence-corrected chi connectivity index (χ0v) is 14.5. The molecule has 1 aliphatic rings. The molecule has 1 atom stereocenters. The number of carbonyl (C=O) groups excluding carboxylic acids is 1. The van der Waals surface area contributed by atoms with E-state index in [0.29, 0.717) is 30.6 Å². The number of esters is 1. The fraction of sp³-hybridized carbons (Fsp3) is 0.444. The van der Waals surface area contributed by atoms with Gasteiger partial charge in [0.05, 0.1) is 18.2 Å². The monoisotopic (exact) mass is 348 g/mol. The summed E-state index contributed by atoms with van der Waals surface area (Å²) in [6.07, 6.45) is 3.55. The van der Waals surface area contributed by atoms with E-state index in [1.807, 2.05) is 31.2 Å². The van der Waals surface area contributed by atoms with Crippen molar-refractivity contribution < 1.29 is 13.9 Å². The van der Waals surface area contributed by atoms with Gasteiger partial charge in [-0.1, -0.05) is 17.7 Å². The van der Waals surface area contributed by atoms with Crippen molar-refractivity contribution in [2.75, 3.05) is 19.7 Å². The molecule has 0 amide bonds. The summed E-state index contributed by atoms with van der Waals surface area (Å²) in [6.45, 7) is 4.60. The summed E-state index contributed by atoms with van der Waals surface area (Å²) in [4.78, 5) is 18.7. The van der Waals surface area contributed by atoms with E-state index in [1.165, 1.54) is 0 Å². The fourth-order valence-corrected chi connectivity index (χ4v) is 3.20. The van der Waals surface area contributed by atoms with Crippen LogP contribution >= 0.6 is 11.6 Å². The Hall–Kier alpha value is -1.85. The van der Waals surface area contributed by atoms with Gasteiger partial charge in [0, 0.05) is 23.7 Å². The first-order valence-electron chi connectivity index (χ1n) is 8.25. The molecule has 6 heteroatoms. The Labute approximate surface area is 146 Å². The molecule has 3 rings (SSSR count). The van der Waals surface area contributed by atoms with E-state index >= 15 is 0 Å². The highest BCUT2D eigenvalue weighted by Crippen LogP contribution is 2.24. The molecule has 2 aromatic rings. The van der Waals surface area contributed by atoms with Crippen LogP contribution in [-0.2, 0) is 16.1 Å². The van der Waals surface area contributed by atoms with Gasteiger partial charge in [-0.25, -0.2) is 4.98 Å². The number of aromatic nitrogens is 1. The van der Waals surface area contributed by atoms with Crippen LogP contribution in [0.4, 0.5) is 0 Å². The summed E-state index contributed by atoms with van der Waals surface area (Å²) in [5.74, 6) is 0.423. The van der Waals surface area contributed by atoms with Crippen LogP contribution in [0.5, 0.6) is 0 Å². The van der Waals surface area contributed by atoms with E-state index in [0.717, 1.165) is 30.6 Å². The van der Waals surface area contributed by atoms with Gasteiger partial charge < -0.3 is 9.15 Å². The SMILES string of the molecule is CCOC(=O)C1CCCN(Cc2coc(-c3cccc(Cl)c3)n2)C1. The van der Waals surface area contributed by atoms with Crippen molar-refractivity contribution in [2.45, 2.75) is 26.3 Å². The second-order valence-electron chi connectivity index (χ2n) is 5.98. The molecule has 1 saturated heterocycles. The topological polar surface area (TPSA) is 55.6 Å². The lowest BCUT2D eigenvalue weighted by Crippen LogP contribution is -2.39. The van der Waals surface area contributed by atoms with E-state index in [4.69, 9.17) is 20.8 Å². The molecule has 1 fully saturated rings. The predicted molar refractivity (Wildman–Crippen MR) is 91.6 cm³/mol. The maximum Gasteiger partial charge on any atom is 0.310 e.